The van der Waals surface area contributed by atoms with Crippen LogP contribution >= 0.6 is 22.7 Å². The summed E-state index contributed by atoms with van der Waals surface area (Å²) in [5.74, 6) is 0.935. The minimum atomic E-state index is 0.125. The van der Waals surface area contributed by atoms with Crippen LogP contribution in [0.1, 0.15) is 16.2 Å². The summed E-state index contributed by atoms with van der Waals surface area (Å²) < 4.78 is 5.38. The fourth-order valence-corrected chi connectivity index (χ4v) is 3.46. The van der Waals surface area contributed by atoms with Crippen LogP contribution in [0.25, 0.3) is 0 Å². The summed E-state index contributed by atoms with van der Waals surface area (Å²) in [4.78, 5) is 15.5. The van der Waals surface area contributed by atoms with Crippen molar-refractivity contribution >= 4 is 28.6 Å². The molecule has 0 saturated heterocycles. The second-order valence-corrected chi connectivity index (χ2v) is 6.53. The van der Waals surface area contributed by atoms with Gasteiger partial charge in [-0.05, 0) is 46.0 Å². The number of rotatable bonds is 6. The number of amides is 1. The van der Waals surface area contributed by atoms with E-state index in [2.05, 4.69) is 11.4 Å². The first-order valence-electron chi connectivity index (χ1n) is 6.65. The van der Waals surface area contributed by atoms with Crippen molar-refractivity contribution in [3.05, 3.63) is 68.9 Å². The van der Waals surface area contributed by atoms with Crippen molar-refractivity contribution in [2.24, 2.45) is 0 Å². The van der Waals surface area contributed by atoms with E-state index in [4.69, 9.17) is 4.42 Å². The van der Waals surface area contributed by atoms with Crippen LogP contribution in [0.15, 0.2) is 57.2 Å². The Hall–Kier alpha value is -1.85. The maximum Gasteiger partial charge on any atom is 0.228 e. The number of carbonyl (C=O) groups excluding carboxylic acids is 1. The molecule has 3 heterocycles. The first-order chi connectivity index (χ1) is 10.3. The Morgan fingerprint density at radius 1 is 1.14 bits per heavy atom. The predicted molar refractivity (Wildman–Crippen MR) is 85.3 cm³/mol. The molecule has 0 aromatic carbocycles. The third-order valence-electron chi connectivity index (χ3n) is 3.14. The van der Waals surface area contributed by atoms with Crippen LogP contribution < -0.4 is 0 Å². The highest BCUT2D eigenvalue weighted by Gasteiger charge is 2.17. The summed E-state index contributed by atoms with van der Waals surface area (Å²) in [6.45, 7) is 1.13. The lowest BCUT2D eigenvalue weighted by molar-refractivity contribution is -0.131. The quantitative estimate of drug-likeness (QED) is 0.683. The van der Waals surface area contributed by atoms with Gasteiger partial charge in [-0.1, -0.05) is 6.07 Å². The Balaban J connectivity index is 1.72. The van der Waals surface area contributed by atoms with Crippen molar-refractivity contribution < 1.29 is 9.21 Å². The Morgan fingerprint density at radius 3 is 2.76 bits per heavy atom. The zero-order valence-corrected chi connectivity index (χ0v) is 13.0. The van der Waals surface area contributed by atoms with Gasteiger partial charge in [-0.25, -0.2) is 0 Å². The summed E-state index contributed by atoms with van der Waals surface area (Å²) in [6, 6.07) is 9.78. The lowest BCUT2D eigenvalue weighted by Crippen LogP contribution is -2.31. The maximum absolute atomic E-state index is 12.6. The van der Waals surface area contributed by atoms with E-state index in [9.17, 15) is 4.79 Å². The second-order valence-electron chi connectivity index (χ2n) is 4.72. The van der Waals surface area contributed by atoms with Crippen molar-refractivity contribution in [3.63, 3.8) is 0 Å². The van der Waals surface area contributed by atoms with E-state index in [1.54, 1.807) is 28.9 Å². The van der Waals surface area contributed by atoms with Gasteiger partial charge in [0.2, 0.25) is 5.91 Å². The van der Waals surface area contributed by atoms with Crippen molar-refractivity contribution in [1.82, 2.24) is 4.90 Å². The van der Waals surface area contributed by atoms with Crippen molar-refractivity contribution in [3.8, 4) is 0 Å². The first-order valence-corrected chi connectivity index (χ1v) is 8.47. The van der Waals surface area contributed by atoms with Gasteiger partial charge in [-0.2, -0.15) is 11.3 Å². The molecule has 3 rings (SSSR count). The van der Waals surface area contributed by atoms with Gasteiger partial charge in [0.05, 0.1) is 19.2 Å². The highest BCUT2D eigenvalue weighted by molar-refractivity contribution is 7.10. The van der Waals surface area contributed by atoms with Crippen LogP contribution in [0.4, 0.5) is 0 Å². The van der Waals surface area contributed by atoms with Gasteiger partial charge >= 0.3 is 0 Å². The normalized spacial score (nSPS) is 10.7. The number of furan rings is 1. The monoisotopic (exact) mass is 317 g/mol. The molecule has 0 aliphatic carbocycles. The standard InChI is InChI=1S/C16H15NO2S2/c18-16(9-15-4-2-7-21-15)17(10-13-5-8-20-12-13)11-14-3-1-6-19-14/h1-8,12H,9-11H2. The van der Waals surface area contributed by atoms with Gasteiger partial charge in [0.1, 0.15) is 5.76 Å². The molecule has 0 spiro atoms. The number of thiophene rings is 2. The SMILES string of the molecule is O=C(Cc1cccs1)N(Cc1ccsc1)Cc1ccco1. The molecule has 5 heteroatoms. The molecule has 0 N–H and O–H groups in total. The Kier molecular flexibility index (Phi) is 4.52. The molecule has 0 unspecified atom stereocenters. The lowest BCUT2D eigenvalue weighted by Gasteiger charge is -2.21. The summed E-state index contributed by atoms with van der Waals surface area (Å²) >= 11 is 3.26. The summed E-state index contributed by atoms with van der Waals surface area (Å²) in [5, 5.41) is 6.11. The van der Waals surface area contributed by atoms with Gasteiger partial charge in [-0.15, -0.1) is 11.3 Å². The van der Waals surface area contributed by atoms with Crippen LogP contribution in [0, 0.1) is 0 Å². The van der Waals surface area contributed by atoms with Crippen LogP contribution in [0.2, 0.25) is 0 Å². The molecule has 108 valence electrons. The Bertz CT molecular complexity index is 621. The van der Waals surface area contributed by atoms with Crippen molar-refractivity contribution in [2.45, 2.75) is 19.5 Å². The van der Waals surface area contributed by atoms with E-state index in [-0.39, 0.29) is 5.91 Å². The van der Waals surface area contributed by atoms with E-state index in [1.807, 2.05) is 39.9 Å². The molecule has 0 fully saturated rings. The molecule has 0 aliphatic rings. The summed E-state index contributed by atoms with van der Waals surface area (Å²) in [5.41, 5.74) is 1.16. The molecule has 0 saturated carbocycles. The first kappa shape index (κ1) is 14.1. The second kappa shape index (κ2) is 6.74. The van der Waals surface area contributed by atoms with Crippen LogP contribution in [0.3, 0.4) is 0 Å². The molecular formula is C16H15NO2S2. The highest BCUT2D eigenvalue weighted by Crippen LogP contribution is 2.16. The predicted octanol–water partition coefficient (Wildman–Crippen LogP) is 4.17. The van der Waals surface area contributed by atoms with Gasteiger partial charge in [-0.3, -0.25) is 4.79 Å². The van der Waals surface area contributed by atoms with Crippen LogP contribution in [-0.4, -0.2) is 10.8 Å². The van der Waals surface area contributed by atoms with E-state index >= 15 is 0 Å². The number of hydrogen-bond acceptors (Lipinski definition) is 4. The molecule has 0 bridgehead atoms. The largest absolute Gasteiger partial charge is 0.467 e. The fraction of sp³-hybridized carbons (Fsp3) is 0.188. The number of nitrogens with zero attached hydrogens (tertiary/aromatic N) is 1. The van der Waals surface area contributed by atoms with Crippen LogP contribution in [0.5, 0.6) is 0 Å². The summed E-state index contributed by atoms with van der Waals surface area (Å²) in [7, 11) is 0. The molecule has 1 amide bonds. The van der Waals surface area contributed by atoms with Gasteiger partial charge < -0.3 is 9.32 Å². The summed E-state index contributed by atoms with van der Waals surface area (Å²) in [6.07, 6.45) is 2.09. The van der Waals surface area contributed by atoms with Gasteiger partial charge in [0.15, 0.2) is 0 Å². The van der Waals surface area contributed by atoms with E-state index in [1.165, 1.54) is 0 Å². The molecule has 3 aromatic rings. The topological polar surface area (TPSA) is 33.5 Å². The minimum Gasteiger partial charge on any atom is -0.467 e. The molecule has 0 radical (unpaired) electrons. The minimum absolute atomic E-state index is 0.125. The molecular weight excluding hydrogens is 302 g/mol. The van der Waals surface area contributed by atoms with Gasteiger partial charge in [0, 0.05) is 11.4 Å². The zero-order valence-electron chi connectivity index (χ0n) is 11.4. The molecule has 21 heavy (non-hydrogen) atoms. The lowest BCUT2D eigenvalue weighted by atomic mass is 10.2. The molecule has 3 nitrogen and oxygen atoms in total. The van der Waals surface area contributed by atoms with E-state index in [0.29, 0.717) is 19.5 Å². The van der Waals surface area contributed by atoms with Crippen molar-refractivity contribution in [2.75, 3.05) is 0 Å². The van der Waals surface area contributed by atoms with Gasteiger partial charge in [0.25, 0.3) is 0 Å². The third kappa shape index (κ3) is 3.83. The Morgan fingerprint density at radius 2 is 2.10 bits per heavy atom. The molecule has 0 aliphatic heterocycles. The molecule has 3 aromatic heterocycles. The zero-order chi connectivity index (χ0) is 14.5. The average molecular weight is 317 g/mol. The van der Waals surface area contributed by atoms with E-state index in [0.717, 1.165) is 16.2 Å². The Labute approximate surface area is 131 Å². The van der Waals surface area contributed by atoms with Crippen molar-refractivity contribution in [1.29, 1.82) is 0 Å². The molecule has 0 atom stereocenters. The number of hydrogen-bond donors (Lipinski definition) is 0. The fourth-order valence-electron chi connectivity index (χ4n) is 2.10. The maximum atomic E-state index is 12.6. The average Bonchev–Trinajstić information content (AvgIpc) is 3.21. The smallest absolute Gasteiger partial charge is 0.228 e. The van der Waals surface area contributed by atoms with Crippen LogP contribution in [-0.2, 0) is 24.3 Å². The third-order valence-corrected chi connectivity index (χ3v) is 4.75. The number of carbonyl (C=O) groups is 1. The highest BCUT2D eigenvalue weighted by atomic mass is 32.1. The van der Waals surface area contributed by atoms with E-state index < -0.39 is 0 Å².